The molecule has 6 heteroatoms. The number of anilines is 4. The predicted octanol–water partition coefficient (Wildman–Crippen LogP) is 8.97. The van der Waals surface area contributed by atoms with Crippen LogP contribution in [0.2, 0.25) is 13.1 Å². The van der Waals surface area contributed by atoms with Gasteiger partial charge in [-0.3, -0.25) is 0 Å². The maximum Gasteiger partial charge on any atom is 2.00 e. The molecule has 1 aliphatic rings. The standard InChI is InChI=1S/C41H36N4Si.Pt/c1-29(2)30-23-24-42-41(25-30)45-37-18-9-8-17-35(37)36-22-21-34(27-40(36)45)46(3,4)33-16-12-15-32(26-33)44-28-43(31-13-6-5-7-14-31)38-19-10-11-20-39(38)44;/h5-25,29H,28H2,1-4H3;/q-2;+2. The largest absolute Gasteiger partial charge is 2.00 e. The Morgan fingerprint density at radius 1 is 0.681 bits per heavy atom. The number of pyridine rings is 1. The van der Waals surface area contributed by atoms with Crippen molar-refractivity contribution in [3.05, 3.63) is 145 Å². The van der Waals surface area contributed by atoms with Gasteiger partial charge in [0.1, 0.15) is 5.82 Å². The van der Waals surface area contributed by atoms with E-state index in [0.29, 0.717) is 5.92 Å². The number of nitrogens with zero attached hydrogens (tertiary/aromatic N) is 4. The van der Waals surface area contributed by atoms with Crippen LogP contribution in [0.15, 0.2) is 128 Å². The molecule has 3 heterocycles. The van der Waals surface area contributed by atoms with E-state index in [4.69, 9.17) is 4.98 Å². The minimum absolute atomic E-state index is 0. The summed E-state index contributed by atoms with van der Waals surface area (Å²) in [6.07, 6.45) is 1.93. The summed E-state index contributed by atoms with van der Waals surface area (Å²) < 4.78 is 2.30. The molecular weight excluding hydrogens is 772 g/mol. The SMILES string of the molecule is CC(C)c1ccnc(-n2c3[c-]c([Si](C)(C)c4[c-]c(N5CN(c6ccccc6)c6ccccc65)ccc4)ccc3c3ccccc32)c1.[Pt+2]. The fourth-order valence-electron chi connectivity index (χ4n) is 6.78. The average molecular weight is 808 g/mol. The number of hydrogen-bond donors (Lipinski definition) is 0. The second kappa shape index (κ2) is 12.3. The van der Waals surface area contributed by atoms with Gasteiger partial charge in [-0.05, 0) is 59.3 Å². The number of rotatable bonds is 6. The summed E-state index contributed by atoms with van der Waals surface area (Å²) in [4.78, 5) is 9.61. The number of benzene rings is 5. The summed E-state index contributed by atoms with van der Waals surface area (Å²) in [5.74, 6) is 1.36. The van der Waals surface area contributed by atoms with Gasteiger partial charge in [0, 0.05) is 17.4 Å². The average Bonchev–Trinajstić information content (AvgIpc) is 3.65. The van der Waals surface area contributed by atoms with Crippen molar-refractivity contribution in [1.29, 1.82) is 0 Å². The first kappa shape index (κ1) is 31.2. The summed E-state index contributed by atoms with van der Waals surface area (Å²) >= 11 is 0. The first-order chi connectivity index (χ1) is 22.4. The molecule has 0 radical (unpaired) electrons. The second-order valence-electron chi connectivity index (χ2n) is 13.0. The van der Waals surface area contributed by atoms with Crippen LogP contribution in [0.1, 0.15) is 25.3 Å². The molecule has 0 N–H and O–H groups in total. The number of fused-ring (bicyclic) bond motifs is 4. The van der Waals surface area contributed by atoms with E-state index in [1.165, 1.54) is 43.8 Å². The zero-order valence-electron chi connectivity index (χ0n) is 27.0. The predicted molar refractivity (Wildman–Crippen MR) is 196 cm³/mol. The molecule has 8 rings (SSSR count). The molecule has 0 saturated heterocycles. The molecule has 7 aromatic rings. The molecule has 47 heavy (non-hydrogen) atoms. The third-order valence-electron chi connectivity index (χ3n) is 9.48. The summed E-state index contributed by atoms with van der Waals surface area (Å²) in [6.45, 7) is 10.0. The Morgan fingerprint density at radius 2 is 1.38 bits per heavy atom. The minimum atomic E-state index is -2.21. The summed E-state index contributed by atoms with van der Waals surface area (Å²) in [6, 6.07) is 51.3. The van der Waals surface area contributed by atoms with E-state index < -0.39 is 8.07 Å². The number of hydrogen-bond acceptors (Lipinski definition) is 3. The zero-order valence-corrected chi connectivity index (χ0v) is 30.3. The van der Waals surface area contributed by atoms with Crippen LogP contribution in [-0.4, -0.2) is 24.3 Å². The Balaban J connectivity index is 0.00000351. The molecule has 1 aliphatic heterocycles. The van der Waals surface area contributed by atoms with Gasteiger partial charge in [-0.15, -0.1) is 11.5 Å². The molecule has 0 fully saturated rings. The molecule has 0 bridgehead atoms. The normalized spacial score (nSPS) is 13.0. The van der Waals surface area contributed by atoms with E-state index in [-0.39, 0.29) is 21.1 Å². The van der Waals surface area contributed by atoms with E-state index in [1.807, 2.05) is 6.20 Å². The van der Waals surface area contributed by atoms with Crippen molar-refractivity contribution in [1.82, 2.24) is 9.55 Å². The Hall–Kier alpha value is -4.44. The van der Waals surface area contributed by atoms with Gasteiger partial charge in [0.05, 0.1) is 26.1 Å². The van der Waals surface area contributed by atoms with Crippen molar-refractivity contribution in [3.8, 4) is 5.82 Å². The Morgan fingerprint density at radius 3 is 2.17 bits per heavy atom. The summed E-state index contributed by atoms with van der Waals surface area (Å²) in [7, 11) is -2.21. The van der Waals surface area contributed by atoms with E-state index in [1.54, 1.807) is 0 Å². The van der Waals surface area contributed by atoms with Crippen molar-refractivity contribution in [2.75, 3.05) is 16.5 Å². The quantitative estimate of drug-likeness (QED) is 0.124. The first-order valence-electron chi connectivity index (χ1n) is 16.0. The van der Waals surface area contributed by atoms with Crippen molar-refractivity contribution < 1.29 is 21.1 Å². The van der Waals surface area contributed by atoms with Crippen molar-refractivity contribution >= 4 is 63.0 Å². The van der Waals surface area contributed by atoms with Gasteiger partial charge in [-0.2, -0.15) is 46.8 Å². The number of para-hydroxylation sites is 4. The second-order valence-corrected chi connectivity index (χ2v) is 17.3. The van der Waals surface area contributed by atoms with Gasteiger partial charge in [-0.25, -0.2) is 4.98 Å². The molecule has 0 unspecified atom stereocenters. The van der Waals surface area contributed by atoms with Gasteiger partial charge in [-0.1, -0.05) is 86.7 Å². The van der Waals surface area contributed by atoms with Gasteiger partial charge in [0.15, 0.2) is 0 Å². The molecule has 0 spiro atoms. The van der Waals surface area contributed by atoms with E-state index in [2.05, 4.69) is 175 Å². The molecule has 0 amide bonds. The van der Waals surface area contributed by atoms with Gasteiger partial charge in [0.25, 0.3) is 0 Å². The van der Waals surface area contributed by atoms with Gasteiger partial charge in [0.2, 0.25) is 0 Å². The maximum absolute atomic E-state index is 4.86. The molecule has 2 aromatic heterocycles. The summed E-state index contributed by atoms with van der Waals surface area (Å²) in [5, 5.41) is 4.94. The number of aromatic nitrogens is 2. The fourth-order valence-corrected chi connectivity index (χ4v) is 8.96. The fraction of sp³-hybridized carbons (Fsp3) is 0.146. The van der Waals surface area contributed by atoms with Crippen LogP contribution in [0, 0.1) is 12.1 Å². The maximum atomic E-state index is 4.86. The minimum Gasteiger partial charge on any atom is -0.345 e. The smallest absolute Gasteiger partial charge is 0.345 e. The van der Waals surface area contributed by atoms with Crippen LogP contribution in [0.4, 0.5) is 22.7 Å². The third-order valence-corrected chi connectivity index (χ3v) is 12.8. The topological polar surface area (TPSA) is 24.3 Å². The molecular formula is C41H36N4PtSi. The third kappa shape index (κ3) is 5.32. The van der Waals surface area contributed by atoms with Crippen LogP contribution in [0.25, 0.3) is 27.6 Å². The monoisotopic (exact) mass is 807 g/mol. The van der Waals surface area contributed by atoms with Crippen LogP contribution >= 0.6 is 0 Å². The molecule has 0 atom stereocenters. The molecule has 5 aromatic carbocycles. The van der Waals surface area contributed by atoms with Crippen LogP contribution in [-0.2, 0) is 21.1 Å². The Kier molecular flexibility index (Phi) is 8.15. The van der Waals surface area contributed by atoms with Gasteiger partial charge < -0.3 is 14.4 Å². The molecule has 234 valence electrons. The summed E-state index contributed by atoms with van der Waals surface area (Å²) in [5.41, 5.74) is 8.21. The van der Waals surface area contributed by atoms with Crippen molar-refractivity contribution in [2.45, 2.75) is 32.9 Å². The Labute approximate surface area is 292 Å². The zero-order chi connectivity index (χ0) is 31.4. The van der Waals surface area contributed by atoms with Crippen LogP contribution in [0.5, 0.6) is 0 Å². The molecule has 0 saturated carbocycles. The molecule has 4 nitrogen and oxygen atoms in total. The molecule has 0 aliphatic carbocycles. The first-order valence-corrected chi connectivity index (χ1v) is 19.0. The van der Waals surface area contributed by atoms with E-state index in [0.717, 1.165) is 29.2 Å². The Bertz CT molecular complexity index is 2220. The van der Waals surface area contributed by atoms with Crippen molar-refractivity contribution in [3.63, 3.8) is 0 Å². The van der Waals surface area contributed by atoms with Crippen LogP contribution in [0.3, 0.4) is 0 Å². The van der Waals surface area contributed by atoms with E-state index in [9.17, 15) is 0 Å². The van der Waals surface area contributed by atoms with Crippen molar-refractivity contribution in [2.24, 2.45) is 0 Å². The van der Waals surface area contributed by atoms with Crippen LogP contribution < -0.4 is 20.2 Å². The van der Waals surface area contributed by atoms with Gasteiger partial charge >= 0.3 is 21.1 Å². The van der Waals surface area contributed by atoms with E-state index >= 15 is 0 Å².